The van der Waals surface area contributed by atoms with Gasteiger partial charge in [0.2, 0.25) is 5.88 Å². The molecule has 0 bridgehead atoms. The van der Waals surface area contributed by atoms with Crippen molar-refractivity contribution in [2.75, 3.05) is 19.7 Å². The van der Waals surface area contributed by atoms with Crippen LogP contribution in [0.5, 0.6) is 5.88 Å². The maximum absolute atomic E-state index is 5.62. The molecular formula is C20H28N4O. The van der Waals surface area contributed by atoms with Gasteiger partial charge in [0.25, 0.3) is 0 Å². The second kappa shape index (κ2) is 8.92. The topological polar surface area (TPSA) is 50.3 Å². The summed E-state index contributed by atoms with van der Waals surface area (Å²) in [5, 5.41) is 3.71. The Balaban J connectivity index is 1.50. The van der Waals surface area contributed by atoms with Gasteiger partial charge in [-0.05, 0) is 37.5 Å². The minimum absolute atomic E-state index is 0.523. The van der Waals surface area contributed by atoms with Crippen molar-refractivity contribution in [2.24, 2.45) is 5.92 Å². The van der Waals surface area contributed by atoms with E-state index in [4.69, 9.17) is 4.74 Å². The van der Waals surface area contributed by atoms with E-state index >= 15 is 0 Å². The zero-order chi connectivity index (χ0) is 17.5. The van der Waals surface area contributed by atoms with E-state index in [2.05, 4.69) is 45.3 Å². The number of nitrogens with one attached hydrogen (secondary N) is 1. The highest BCUT2D eigenvalue weighted by atomic mass is 16.5. The summed E-state index contributed by atoms with van der Waals surface area (Å²) < 4.78 is 5.62. The first-order valence-corrected chi connectivity index (χ1v) is 9.18. The summed E-state index contributed by atoms with van der Waals surface area (Å²) in [6.45, 7) is 8.91. The number of piperidine rings is 1. The average molecular weight is 340 g/mol. The molecule has 1 saturated heterocycles. The zero-order valence-corrected chi connectivity index (χ0v) is 15.2. The first kappa shape index (κ1) is 17.8. The quantitative estimate of drug-likeness (QED) is 0.840. The van der Waals surface area contributed by atoms with Crippen molar-refractivity contribution < 1.29 is 4.74 Å². The van der Waals surface area contributed by atoms with Crippen LogP contribution in [0.15, 0.2) is 42.7 Å². The third kappa shape index (κ3) is 5.00. The molecule has 5 nitrogen and oxygen atoms in total. The maximum atomic E-state index is 5.62. The lowest BCUT2D eigenvalue weighted by atomic mass is 9.93. The first-order valence-electron chi connectivity index (χ1n) is 9.18. The van der Waals surface area contributed by atoms with Crippen molar-refractivity contribution in [3.63, 3.8) is 0 Å². The summed E-state index contributed by atoms with van der Waals surface area (Å²) in [5.41, 5.74) is 2.28. The first-order chi connectivity index (χ1) is 12.3. The molecule has 2 atom stereocenters. The molecule has 25 heavy (non-hydrogen) atoms. The number of pyridine rings is 2. The third-order valence-corrected chi connectivity index (χ3v) is 4.79. The van der Waals surface area contributed by atoms with Crippen LogP contribution in [0.4, 0.5) is 0 Å². The van der Waals surface area contributed by atoms with Crippen molar-refractivity contribution in [1.29, 1.82) is 0 Å². The van der Waals surface area contributed by atoms with Crippen LogP contribution in [0.3, 0.4) is 0 Å². The predicted molar refractivity (Wildman–Crippen MR) is 99.3 cm³/mol. The summed E-state index contributed by atoms with van der Waals surface area (Å²) in [4.78, 5) is 11.3. The average Bonchev–Trinajstić information content (AvgIpc) is 2.63. The zero-order valence-electron chi connectivity index (χ0n) is 15.2. The van der Waals surface area contributed by atoms with Crippen molar-refractivity contribution in [3.05, 3.63) is 54.0 Å². The Labute approximate surface area is 150 Å². The number of likely N-dealkylation sites (tertiary alicyclic amines) is 1. The SMILES string of the molecule is CCOc1ncccc1CN[C@@H]1CCN(Cc2ccccn2)C[C@@H]1C. The van der Waals surface area contributed by atoms with Gasteiger partial charge in [0.15, 0.2) is 0 Å². The molecule has 0 aliphatic carbocycles. The molecule has 0 radical (unpaired) electrons. The summed E-state index contributed by atoms with van der Waals surface area (Å²) in [5.74, 6) is 1.35. The van der Waals surface area contributed by atoms with Crippen LogP contribution < -0.4 is 10.1 Å². The van der Waals surface area contributed by atoms with Gasteiger partial charge in [-0.1, -0.05) is 19.1 Å². The molecule has 0 unspecified atom stereocenters. The number of nitrogens with zero attached hydrogens (tertiary/aromatic N) is 3. The molecule has 1 fully saturated rings. The maximum Gasteiger partial charge on any atom is 0.217 e. The van der Waals surface area contributed by atoms with Gasteiger partial charge in [-0.2, -0.15) is 0 Å². The predicted octanol–water partition coefficient (Wildman–Crippen LogP) is 2.88. The van der Waals surface area contributed by atoms with Crippen LogP contribution in [0.1, 0.15) is 31.5 Å². The normalized spacial score (nSPS) is 21.2. The summed E-state index contributed by atoms with van der Waals surface area (Å²) in [7, 11) is 0. The highest BCUT2D eigenvalue weighted by Crippen LogP contribution is 2.20. The Bertz CT molecular complexity index is 649. The summed E-state index contributed by atoms with van der Waals surface area (Å²) >= 11 is 0. The molecular weight excluding hydrogens is 312 g/mol. The van der Waals surface area contributed by atoms with Gasteiger partial charge in [-0.15, -0.1) is 0 Å². The number of hydrogen-bond acceptors (Lipinski definition) is 5. The molecule has 0 saturated carbocycles. The van der Waals surface area contributed by atoms with Crippen LogP contribution in [-0.2, 0) is 13.1 Å². The van der Waals surface area contributed by atoms with Crippen LogP contribution in [0.25, 0.3) is 0 Å². The molecule has 0 amide bonds. The summed E-state index contributed by atoms with van der Waals surface area (Å²) in [6, 6.07) is 10.7. The van der Waals surface area contributed by atoms with Gasteiger partial charge in [0.05, 0.1) is 12.3 Å². The van der Waals surface area contributed by atoms with E-state index in [0.29, 0.717) is 18.6 Å². The highest BCUT2D eigenvalue weighted by Gasteiger charge is 2.26. The van der Waals surface area contributed by atoms with Crippen LogP contribution in [0, 0.1) is 5.92 Å². The van der Waals surface area contributed by atoms with Gasteiger partial charge < -0.3 is 10.1 Å². The van der Waals surface area contributed by atoms with E-state index in [1.54, 1.807) is 6.20 Å². The monoisotopic (exact) mass is 340 g/mol. The molecule has 1 N–H and O–H groups in total. The number of hydrogen-bond donors (Lipinski definition) is 1. The van der Waals surface area contributed by atoms with Crippen molar-refractivity contribution in [3.8, 4) is 5.88 Å². The lowest BCUT2D eigenvalue weighted by Gasteiger charge is -2.37. The Morgan fingerprint density at radius 2 is 2.08 bits per heavy atom. The Morgan fingerprint density at radius 1 is 1.20 bits per heavy atom. The minimum Gasteiger partial charge on any atom is -0.478 e. The van der Waals surface area contributed by atoms with Gasteiger partial charge in [-0.25, -0.2) is 4.98 Å². The fourth-order valence-electron chi connectivity index (χ4n) is 3.47. The summed E-state index contributed by atoms with van der Waals surface area (Å²) in [6.07, 6.45) is 4.81. The second-order valence-electron chi connectivity index (χ2n) is 6.71. The molecule has 0 spiro atoms. The Morgan fingerprint density at radius 3 is 2.84 bits per heavy atom. The molecule has 3 rings (SSSR count). The fourth-order valence-corrected chi connectivity index (χ4v) is 3.47. The van der Waals surface area contributed by atoms with Crippen LogP contribution in [-0.4, -0.2) is 40.6 Å². The molecule has 1 aliphatic heterocycles. The molecule has 2 aromatic rings. The fraction of sp³-hybridized carbons (Fsp3) is 0.500. The highest BCUT2D eigenvalue weighted by molar-refractivity contribution is 5.25. The van der Waals surface area contributed by atoms with Crippen molar-refractivity contribution >= 4 is 0 Å². The van der Waals surface area contributed by atoms with E-state index in [0.717, 1.165) is 49.7 Å². The van der Waals surface area contributed by atoms with Gasteiger partial charge in [0, 0.05) is 50.2 Å². The van der Waals surface area contributed by atoms with Crippen molar-refractivity contribution in [2.45, 2.75) is 39.4 Å². The molecule has 3 heterocycles. The third-order valence-electron chi connectivity index (χ3n) is 4.79. The van der Waals surface area contributed by atoms with E-state index in [1.165, 1.54) is 0 Å². The standard InChI is InChI=1S/C20H28N4O/c1-3-25-20-17(7-6-11-22-20)13-23-19-9-12-24(14-16(19)2)15-18-8-4-5-10-21-18/h4-8,10-11,16,19,23H,3,9,12-15H2,1-2H3/t16-,19+/m0/s1. The van der Waals surface area contributed by atoms with Gasteiger partial charge in [0.1, 0.15) is 0 Å². The molecule has 1 aliphatic rings. The molecule has 5 heteroatoms. The lowest BCUT2D eigenvalue weighted by Crippen LogP contribution is -2.47. The van der Waals surface area contributed by atoms with Crippen LogP contribution >= 0.6 is 0 Å². The van der Waals surface area contributed by atoms with E-state index in [9.17, 15) is 0 Å². The molecule has 2 aromatic heterocycles. The van der Waals surface area contributed by atoms with E-state index in [-0.39, 0.29) is 0 Å². The Hall–Kier alpha value is -1.98. The largest absolute Gasteiger partial charge is 0.478 e. The van der Waals surface area contributed by atoms with E-state index in [1.807, 2.05) is 25.3 Å². The Kier molecular flexibility index (Phi) is 6.36. The van der Waals surface area contributed by atoms with E-state index < -0.39 is 0 Å². The lowest BCUT2D eigenvalue weighted by molar-refractivity contribution is 0.138. The molecule has 0 aromatic carbocycles. The van der Waals surface area contributed by atoms with Gasteiger partial charge >= 0.3 is 0 Å². The van der Waals surface area contributed by atoms with Gasteiger partial charge in [-0.3, -0.25) is 9.88 Å². The molecule has 134 valence electrons. The minimum atomic E-state index is 0.523. The number of ether oxygens (including phenoxy) is 1. The number of rotatable bonds is 7. The number of aromatic nitrogens is 2. The van der Waals surface area contributed by atoms with Crippen molar-refractivity contribution in [1.82, 2.24) is 20.2 Å². The smallest absolute Gasteiger partial charge is 0.217 e. The second-order valence-corrected chi connectivity index (χ2v) is 6.71. The van der Waals surface area contributed by atoms with Crippen LogP contribution in [0.2, 0.25) is 0 Å².